The van der Waals surface area contributed by atoms with Crippen molar-refractivity contribution in [3.05, 3.63) is 24.3 Å². The predicted molar refractivity (Wildman–Crippen MR) is 49.5 cm³/mol. The van der Waals surface area contributed by atoms with Crippen molar-refractivity contribution < 1.29 is 22.7 Å². The number of ether oxygens (including phenoxy) is 1. The molecule has 0 aliphatic rings. The molecular formula is C8H8F3N3O2. The van der Waals surface area contributed by atoms with Gasteiger partial charge in [0.25, 0.3) is 0 Å². The van der Waals surface area contributed by atoms with Gasteiger partial charge in [-0.05, 0) is 24.3 Å². The zero-order valence-electron chi connectivity index (χ0n) is 7.84. The molecule has 0 aliphatic heterocycles. The summed E-state index contributed by atoms with van der Waals surface area (Å²) in [6.45, 7) is 0. The van der Waals surface area contributed by atoms with E-state index in [9.17, 15) is 18.0 Å². The van der Waals surface area contributed by atoms with Crippen molar-refractivity contribution in [2.24, 2.45) is 5.84 Å². The second kappa shape index (κ2) is 4.71. The minimum Gasteiger partial charge on any atom is -0.406 e. The normalized spacial score (nSPS) is 10.8. The van der Waals surface area contributed by atoms with Crippen molar-refractivity contribution in [2.45, 2.75) is 6.36 Å². The number of carbonyl (C=O) groups excluding carboxylic acids is 1. The van der Waals surface area contributed by atoms with Gasteiger partial charge in [-0.15, -0.1) is 13.2 Å². The highest BCUT2D eigenvalue weighted by Gasteiger charge is 2.30. The molecule has 8 heteroatoms. The summed E-state index contributed by atoms with van der Waals surface area (Å²) in [6.07, 6.45) is -4.73. The van der Waals surface area contributed by atoms with E-state index in [4.69, 9.17) is 5.84 Å². The quantitative estimate of drug-likeness (QED) is 0.414. The van der Waals surface area contributed by atoms with Crippen molar-refractivity contribution in [3.63, 3.8) is 0 Å². The molecular weight excluding hydrogens is 227 g/mol. The zero-order chi connectivity index (χ0) is 12.2. The Bertz CT molecular complexity index is 364. The van der Waals surface area contributed by atoms with E-state index in [0.717, 1.165) is 12.1 Å². The highest BCUT2D eigenvalue weighted by atomic mass is 19.4. The number of carbonyl (C=O) groups is 1. The molecule has 16 heavy (non-hydrogen) atoms. The van der Waals surface area contributed by atoms with Crippen molar-refractivity contribution in [2.75, 3.05) is 5.32 Å². The standard InChI is InChI=1S/C8H8F3N3O2/c9-8(10,11)16-6-3-1-5(2-4-6)13-7(15)14-12/h1-4H,12H2,(H2,13,14,15). The molecule has 0 atom stereocenters. The summed E-state index contributed by atoms with van der Waals surface area (Å²) < 4.78 is 39.0. The van der Waals surface area contributed by atoms with Gasteiger partial charge in [0.15, 0.2) is 0 Å². The van der Waals surface area contributed by atoms with Crippen LogP contribution < -0.4 is 21.3 Å². The average Bonchev–Trinajstić information content (AvgIpc) is 2.18. The molecule has 0 radical (unpaired) electrons. The molecule has 4 N–H and O–H groups in total. The fourth-order valence-corrected chi connectivity index (χ4v) is 0.907. The largest absolute Gasteiger partial charge is 0.573 e. The molecule has 0 heterocycles. The van der Waals surface area contributed by atoms with E-state index < -0.39 is 12.4 Å². The third-order valence-corrected chi connectivity index (χ3v) is 1.48. The second-order valence-corrected chi connectivity index (χ2v) is 2.67. The molecule has 2 amide bonds. The SMILES string of the molecule is NNC(=O)Nc1ccc(OC(F)(F)F)cc1. The third kappa shape index (κ3) is 4.05. The Morgan fingerprint density at radius 1 is 1.25 bits per heavy atom. The Morgan fingerprint density at radius 2 is 1.81 bits per heavy atom. The molecule has 1 aromatic carbocycles. The summed E-state index contributed by atoms with van der Waals surface area (Å²) >= 11 is 0. The van der Waals surface area contributed by atoms with Crippen LogP contribution >= 0.6 is 0 Å². The van der Waals surface area contributed by atoms with Crippen molar-refractivity contribution in [1.29, 1.82) is 0 Å². The Hall–Kier alpha value is -1.96. The second-order valence-electron chi connectivity index (χ2n) is 2.67. The van der Waals surface area contributed by atoms with Crippen LogP contribution in [0.1, 0.15) is 0 Å². The van der Waals surface area contributed by atoms with Crippen LogP contribution in [0, 0.1) is 0 Å². The Morgan fingerprint density at radius 3 is 2.25 bits per heavy atom. The van der Waals surface area contributed by atoms with Crippen LogP contribution in [0.4, 0.5) is 23.7 Å². The summed E-state index contributed by atoms with van der Waals surface area (Å²) in [4.78, 5) is 10.7. The van der Waals surface area contributed by atoms with Gasteiger partial charge >= 0.3 is 12.4 Å². The van der Waals surface area contributed by atoms with Gasteiger partial charge in [0, 0.05) is 5.69 Å². The number of urea groups is 1. The maximum Gasteiger partial charge on any atom is 0.573 e. The summed E-state index contributed by atoms with van der Waals surface area (Å²) in [7, 11) is 0. The lowest BCUT2D eigenvalue weighted by molar-refractivity contribution is -0.274. The van der Waals surface area contributed by atoms with Gasteiger partial charge in [0.05, 0.1) is 0 Å². The van der Waals surface area contributed by atoms with E-state index in [1.165, 1.54) is 12.1 Å². The predicted octanol–water partition coefficient (Wildman–Crippen LogP) is 1.58. The van der Waals surface area contributed by atoms with Crippen LogP contribution in [0.5, 0.6) is 5.75 Å². The Kier molecular flexibility index (Phi) is 3.56. The topological polar surface area (TPSA) is 76.4 Å². The van der Waals surface area contributed by atoms with Gasteiger partial charge in [-0.1, -0.05) is 0 Å². The first-order valence-corrected chi connectivity index (χ1v) is 4.04. The molecule has 0 saturated heterocycles. The number of benzene rings is 1. The highest BCUT2D eigenvalue weighted by Crippen LogP contribution is 2.23. The van der Waals surface area contributed by atoms with Gasteiger partial charge in [-0.2, -0.15) is 0 Å². The minimum atomic E-state index is -4.73. The number of hydrogen-bond acceptors (Lipinski definition) is 3. The van der Waals surface area contributed by atoms with Gasteiger partial charge in [0.1, 0.15) is 5.75 Å². The molecule has 0 fully saturated rings. The van der Waals surface area contributed by atoms with E-state index in [2.05, 4.69) is 10.1 Å². The zero-order valence-corrected chi connectivity index (χ0v) is 7.84. The molecule has 0 aliphatic carbocycles. The summed E-state index contributed by atoms with van der Waals surface area (Å²) in [5.41, 5.74) is 2.09. The maximum atomic E-state index is 11.8. The van der Waals surface area contributed by atoms with E-state index in [1.807, 2.05) is 0 Å². The van der Waals surface area contributed by atoms with Crippen LogP contribution in [0.2, 0.25) is 0 Å². The number of hydrazine groups is 1. The van der Waals surface area contributed by atoms with Crippen molar-refractivity contribution in [1.82, 2.24) is 5.43 Å². The average molecular weight is 235 g/mol. The smallest absolute Gasteiger partial charge is 0.406 e. The van der Waals surface area contributed by atoms with Gasteiger partial charge in [-0.3, -0.25) is 5.43 Å². The van der Waals surface area contributed by atoms with Gasteiger partial charge in [-0.25, -0.2) is 10.6 Å². The number of rotatable bonds is 2. The van der Waals surface area contributed by atoms with E-state index in [1.54, 1.807) is 5.43 Å². The lowest BCUT2D eigenvalue weighted by atomic mass is 10.3. The molecule has 1 aromatic rings. The summed E-state index contributed by atoms with van der Waals surface area (Å²) in [6, 6.07) is 3.95. The minimum absolute atomic E-state index is 0.289. The van der Waals surface area contributed by atoms with Gasteiger partial charge in [0.2, 0.25) is 0 Å². The number of nitrogens with two attached hydrogens (primary N) is 1. The van der Waals surface area contributed by atoms with Crippen LogP contribution in [-0.2, 0) is 0 Å². The number of anilines is 1. The number of amides is 2. The molecule has 88 valence electrons. The van der Waals surface area contributed by atoms with Crippen molar-refractivity contribution >= 4 is 11.7 Å². The summed E-state index contributed by atoms with van der Waals surface area (Å²) in [5.74, 6) is 4.43. The third-order valence-electron chi connectivity index (χ3n) is 1.48. The number of alkyl halides is 3. The summed E-state index contributed by atoms with van der Waals surface area (Å²) in [5, 5.41) is 2.27. The maximum absolute atomic E-state index is 11.8. The molecule has 0 saturated carbocycles. The van der Waals surface area contributed by atoms with Crippen LogP contribution in [0.3, 0.4) is 0 Å². The van der Waals surface area contributed by atoms with E-state index in [0.29, 0.717) is 0 Å². The molecule has 0 aromatic heterocycles. The first-order valence-electron chi connectivity index (χ1n) is 4.04. The number of hydrogen-bond donors (Lipinski definition) is 3. The first-order chi connectivity index (χ1) is 7.40. The monoisotopic (exact) mass is 235 g/mol. The Labute approximate surface area is 88.3 Å². The van der Waals surface area contributed by atoms with Gasteiger partial charge < -0.3 is 10.1 Å². The lowest BCUT2D eigenvalue weighted by Crippen LogP contribution is -2.34. The van der Waals surface area contributed by atoms with Crippen LogP contribution in [-0.4, -0.2) is 12.4 Å². The van der Waals surface area contributed by atoms with E-state index >= 15 is 0 Å². The number of nitrogens with one attached hydrogen (secondary N) is 2. The lowest BCUT2D eigenvalue weighted by Gasteiger charge is -2.09. The first kappa shape index (κ1) is 12.1. The van der Waals surface area contributed by atoms with E-state index in [-0.39, 0.29) is 11.4 Å². The molecule has 1 rings (SSSR count). The fraction of sp³-hybridized carbons (Fsp3) is 0.125. The Balaban J connectivity index is 2.64. The fourth-order valence-electron chi connectivity index (χ4n) is 0.907. The molecule has 0 bridgehead atoms. The molecule has 0 spiro atoms. The molecule has 0 unspecified atom stereocenters. The van der Waals surface area contributed by atoms with Crippen molar-refractivity contribution in [3.8, 4) is 5.75 Å². The highest BCUT2D eigenvalue weighted by molar-refractivity contribution is 5.88. The van der Waals surface area contributed by atoms with Crippen LogP contribution in [0.25, 0.3) is 0 Å². The molecule has 5 nitrogen and oxygen atoms in total. The van der Waals surface area contributed by atoms with Crippen LogP contribution in [0.15, 0.2) is 24.3 Å². The number of halogens is 3.